The number of para-hydroxylation sites is 1. The number of carbonyl (C=O) groups is 2. The van der Waals surface area contributed by atoms with E-state index < -0.39 is 18.0 Å². The topological polar surface area (TPSA) is 83.1 Å². The third-order valence-corrected chi connectivity index (χ3v) is 3.61. The van der Waals surface area contributed by atoms with Crippen LogP contribution in [0.2, 0.25) is 0 Å². The molecule has 0 aliphatic heterocycles. The molecule has 7 nitrogen and oxygen atoms in total. The van der Waals surface area contributed by atoms with Crippen molar-refractivity contribution in [2.45, 2.75) is 18.6 Å². The summed E-state index contributed by atoms with van der Waals surface area (Å²) in [6.07, 6.45) is -0.848. The Hall–Kier alpha value is -2.90. The van der Waals surface area contributed by atoms with Gasteiger partial charge in [0.05, 0.1) is 13.7 Å². The number of amides is 1. The van der Waals surface area contributed by atoms with Crippen LogP contribution in [0.1, 0.15) is 5.56 Å². The van der Waals surface area contributed by atoms with E-state index in [1.807, 2.05) is 30.3 Å². The van der Waals surface area contributed by atoms with Crippen molar-refractivity contribution < 1.29 is 28.5 Å². The quantitative estimate of drug-likeness (QED) is 0.396. The predicted octanol–water partition coefficient (Wildman–Crippen LogP) is 1.87. The molecule has 2 aromatic carbocycles. The summed E-state index contributed by atoms with van der Waals surface area (Å²) < 4.78 is 21.7. The van der Waals surface area contributed by atoms with Gasteiger partial charge in [0.15, 0.2) is 0 Å². The molecule has 26 heavy (non-hydrogen) atoms. The monoisotopic (exact) mass is 359 g/mol. The summed E-state index contributed by atoms with van der Waals surface area (Å²) in [4.78, 5) is 23.6. The van der Waals surface area contributed by atoms with Crippen LogP contribution in [0, 0.1) is 0 Å². The summed E-state index contributed by atoms with van der Waals surface area (Å²) >= 11 is 0. The van der Waals surface area contributed by atoms with Crippen LogP contribution in [0.4, 0.5) is 0 Å². The van der Waals surface area contributed by atoms with Gasteiger partial charge in [-0.1, -0.05) is 48.5 Å². The first-order valence-corrected chi connectivity index (χ1v) is 7.89. The standard InChI is InChI=1S/C19H21NO6/c1-23-18(22)19(24-2,26-16-11-7-4-8-12-16)17(20-14-21)25-13-15-9-5-3-6-10-15/h3-12,14,17H,13H2,1-2H3,(H,20,21). The third kappa shape index (κ3) is 4.59. The zero-order valence-electron chi connectivity index (χ0n) is 14.6. The molecule has 0 radical (unpaired) electrons. The molecular weight excluding hydrogens is 338 g/mol. The van der Waals surface area contributed by atoms with E-state index in [0.29, 0.717) is 12.2 Å². The average molecular weight is 359 g/mol. The maximum atomic E-state index is 12.5. The van der Waals surface area contributed by atoms with Crippen molar-refractivity contribution in [3.8, 4) is 5.75 Å². The van der Waals surface area contributed by atoms with Gasteiger partial charge >= 0.3 is 11.8 Å². The molecule has 0 heterocycles. The minimum absolute atomic E-state index is 0.118. The minimum Gasteiger partial charge on any atom is -0.464 e. The van der Waals surface area contributed by atoms with Crippen LogP contribution in [0.25, 0.3) is 0 Å². The largest absolute Gasteiger partial charge is 0.464 e. The summed E-state index contributed by atoms with van der Waals surface area (Å²) in [7, 11) is 2.46. The Balaban J connectivity index is 2.31. The van der Waals surface area contributed by atoms with Crippen LogP contribution >= 0.6 is 0 Å². The molecular formula is C19H21NO6. The first-order valence-electron chi connectivity index (χ1n) is 7.89. The molecule has 1 amide bonds. The molecule has 0 saturated carbocycles. The SMILES string of the molecule is COC(=O)C(OC)(Oc1ccccc1)C(NC=O)OCc1ccccc1. The Morgan fingerprint density at radius 1 is 1.08 bits per heavy atom. The van der Waals surface area contributed by atoms with Gasteiger partial charge < -0.3 is 24.3 Å². The van der Waals surface area contributed by atoms with Gasteiger partial charge in [-0.05, 0) is 17.7 Å². The molecule has 7 heteroatoms. The summed E-state index contributed by atoms with van der Waals surface area (Å²) in [6.45, 7) is 0.118. The molecule has 1 N–H and O–H groups in total. The second kappa shape index (κ2) is 9.55. The van der Waals surface area contributed by atoms with E-state index in [4.69, 9.17) is 18.9 Å². The van der Waals surface area contributed by atoms with E-state index in [9.17, 15) is 9.59 Å². The van der Waals surface area contributed by atoms with Crippen LogP contribution in [0.5, 0.6) is 5.75 Å². The highest BCUT2D eigenvalue weighted by atomic mass is 16.7. The average Bonchev–Trinajstić information content (AvgIpc) is 2.70. The van der Waals surface area contributed by atoms with Crippen LogP contribution in [-0.4, -0.2) is 38.6 Å². The summed E-state index contributed by atoms with van der Waals surface area (Å²) in [5, 5.41) is 2.43. The van der Waals surface area contributed by atoms with Crippen LogP contribution < -0.4 is 10.1 Å². The number of nitrogens with one attached hydrogen (secondary N) is 1. The number of benzene rings is 2. The van der Waals surface area contributed by atoms with Gasteiger partial charge in [-0.3, -0.25) is 4.79 Å². The molecule has 0 aliphatic rings. The van der Waals surface area contributed by atoms with Crippen molar-refractivity contribution >= 4 is 12.4 Å². The Bertz CT molecular complexity index is 694. The predicted molar refractivity (Wildman–Crippen MR) is 93.0 cm³/mol. The van der Waals surface area contributed by atoms with Crippen molar-refractivity contribution in [1.82, 2.24) is 5.32 Å². The molecule has 2 atom stereocenters. The number of esters is 1. The highest BCUT2D eigenvalue weighted by Gasteiger charge is 2.52. The number of hydrogen-bond donors (Lipinski definition) is 1. The van der Waals surface area contributed by atoms with E-state index in [1.54, 1.807) is 30.3 Å². The van der Waals surface area contributed by atoms with Gasteiger partial charge in [0, 0.05) is 7.11 Å². The molecule has 0 aromatic heterocycles. The zero-order valence-corrected chi connectivity index (χ0v) is 14.6. The minimum atomic E-state index is -2.02. The lowest BCUT2D eigenvalue weighted by Crippen LogP contribution is -2.62. The lowest BCUT2D eigenvalue weighted by molar-refractivity contribution is -0.252. The molecule has 2 rings (SSSR count). The number of methoxy groups -OCH3 is 2. The Morgan fingerprint density at radius 3 is 2.23 bits per heavy atom. The van der Waals surface area contributed by atoms with Crippen LogP contribution in [-0.2, 0) is 30.4 Å². The van der Waals surface area contributed by atoms with Crippen LogP contribution in [0.3, 0.4) is 0 Å². The summed E-state index contributed by atoms with van der Waals surface area (Å²) in [5.41, 5.74) is 0.847. The lowest BCUT2D eigenvalue weighted by atomic mass is 10.2. The molecule has 2 aromatic rings. The van der Waals surface area contributed by atoms with Gasteiger partial charge in [0.2, 0.25) is 12.6 Å². The van der Waals surface area contributed by atoms with Crippen LogP contribution in [0.15, 0.2) is 60.7 Å². The summed E-state index contributed by atoms with van der Waals surface area (Å²) in [5.74, 6) is -2.52. The number of rotatable bonds is 10. The molecule has 0 fully saturated rings. The van der Waals surface area contributed by atoms with E-state index in [0.717, 1.165) is 5.56 Å². The van der Waals surface area contributed by atoms with Crippen molar-refractivity contribution in [3.63, 3.8) is 0 Å². The molecule has 0 bridgehead atoms. The lowest BCUT2D eigenvalue weighted by Gasteiger charge is -2.35. The van der Waals surface area contributed by atoms with E-state index in [1.165, 1.54) is 14.2 Å². The van der Waals surface area contributed by atoms with Crippen molar-refractivity contribution in [2.24, 2.45) is 0 Å². The Morgan fingerprint density at radius 2 is 1.69 bits per heavy atom. The first kappa shape index (κ1) is 19.4. The molecule has 0 spiro atoms. The van der Waals surface area contributed by atoms with Gasteiger partial charge in [-0.2, -0.15) is 0 Å². The Kier molecular flexibility index (Phi) is 7.13. The number of hydrogen-bond acceptors (Lipinski definition) is 6. The van der Waals surface area contributed by atoms with Gasteiger partial charge in [0.1, 0.15) is 5.75 Å². The molecule has 0 aliphatic carbocycles. The second-order valence-corrected chi connectivity index (χ2v) is 5.24. The zero-order chi connectivity index (χ0) is 18.8. The second-order valence-electron chi connectivity index (χ2n) is 5.24. The van der Waals surface area contributed by atoms with Crippen molar-refractivity contribution in [3.05, 3.63) is 66.2 Å². The maximum Gasteiger partial charge on any atom is 0.384 e. The smallest absolute Gasteiger partial charge is 0.384 e. The number of ether oxygens (including phenoxy) is 4. The molecule has 138 valence electrons. The van der Waals surface area contributed by atoms with Gasteiger partial charge in [-0.15, -0.1) is 0 Å². The van der Waals surface area contributed by atoms with E-state index in [2.05, 4.69) is 5.32 Å². The number of carbonyl (C=O) groups excluding carboxylic acids is 2. The molecule has 2 unspecified atom stereocenters. The third-order valence-electron chi connectivity index (χ3n) is 3.61. The van der Waals surface area contributed by atoms with Gasteiger partial charge in [-0.25, -0.2) is 4.79 Å². The normalized spacial score (nSPS) is 13.9. The first-order chi connectivity index (χ1) is 12.7. The van der Waals surface area contributed by atoms with Gasteiger partial charge in [0.25, 0.3) is 0 Å². The fourth-order valence-electron chi connectivity index (χ4n) is 2.32. The maximum absolute atomic E-state index is 12.5. The Labute approximate surface area is 151 Å². The van der Waals surface area contributed by atoms with E-state index in [-0.39, 0.29) is 6.61 Å². The fourth-order valence-corrected chi connectivity index (χ4v) is 2.32. The van der Waals surface area contributed by atoms with Crippen molar-refractivity contribution in [1.29, 1.82) is 0 Å². The van der Waals surface area contributed by atoms with E-state index >= 15 is 0 Å². The fraction of sp³-hybridized carbons (Fsp3) is 0.263. The highest BCUT2D eigenvalue weighted by Crippen LogP contribution is 2.25. The highest BCUT2D eigenvalue weighted by molar-refractivity contribution is 5.79. The molecule has 0 saturated heterocycles. The summed E-state index contributed by atoms with van der Waals surface area (Å²) in [6, 6.07) is 17.8. The van der Waals surface area contributed by atoms with Crippen molar-refractivity contribution in [2.75, 3.05) is 14.2 Å².